The van der Waals surface area contributed by atoms with Crippen molar-refractivity contribution >= 4 is 21.9 Å². The molecule has 0 spiro atoms. The average Bonchev–Trinajstić information content (AvgIpc) is 3.23. The number of hydrogen-bond acceptors (Lipinski definition) is 4. The van der Waals surface area contributed by atoms with Gasteiger partial charge in [0.25, 0.3) is 0 Å². The maximum Gasteiger partial charge on any atom is 0.163 e. The molecular formula is C27H17N3O. The average molecular weight is 399 g/mol. The summed E-state index contributed by atoms with van der Waals surface area (Å²) < 4.78 is 5.93. The zero-order valence-electron chi connectivity index (χ0n) is 16.6. The Morgan fingerprint density at radius 1 is 0.484 bits per heavy atom. The van der Waals surface area contributed by atoms with E-state index in [1.54, 1.807) is 6.33 Å². The molecule has 6 rings (SSSR count). The van der Waals surface area contributed by atoms with Gasteiger partial charge >= 0.3 is 0 Å². The molecule has 0 N–H and O–H groups in total. The van der Waals surface area contributed by atoms with E-state index in [4.69, 9.17) is 9.40 Å². The van der Waals surface area contributed by atoms with Gasteiger partial charge in [-0.1, -0.05) is 72.8 Å². The predicted molar refractivity (Wildman–Crippen MR) is 123 cm³/mol. The molecule has 0 saturated heterocycles. The Bertz CT molecular complexity index is 1520. The van der Waals surface area contributed by atoms with E-state index in [0.717, 1.165) is 38.6 Å². The Kier molecular flexibility index (Phi) is 4.06. The number of nitrogens with zero attached hydrogens (tertiary/aromatic N) is 3. The van der Waals surface area contributed by atoms with E-state index in [9.17, 15) is 0 Å². The molecule has 0 amide bonds. The van der Waals surface area contributed by atoms with Crippen LogP contribution in [-0.2, 0) is 0 Å². The monoisotopic (exact) mass is 399 g/mol. The first-order valence-corrected chi connectivity index (χ1v) is 10.1. The second kappa shape index (κ2) is 7.18. The van der Waals surface area contributed by atoms with Crippen molar-refractivity contribution in [3.05, 3.63) is 103 Å². The van der Waals surface area contributed by atoms with Gasteiger partial charge in [-0.2, -0.15) is 0 Å². The van der Waals surface area contributed by atoms with Gasteiger partial charge in [-0.3, -0.25) is 0 Å². The molecule has 0 atom stereocenters. The zero-order chi connectivity index (χ0) is 20.6. The summed E-state index contributed by atoms with van der Waals surface area (Å²) >= 11 is 0. The molecule has 0 aliphatic carbocycles. The second-order valence-electron chi connectivity index (χ2n) is 7.39. The molecule has 31 heavy (non-hydrogen) atoms. The topological polar surface area (TPSA) is 51.8 Å². The third-order valence-electron chi connectivity index (χ3n) is 5.46. The smallest absolute Gasteiger partial charge is 0.163 e. The summed E-state index contributed by atoms with van der Waals surface area (Å²) in [6, 6.07) is 32.7. The maximum atomic E-state index is 5.93. The Morgan fingerprint density at radius 3 is 1.94 bits per heavy atom. The standard InChI is InChI=1S/C27H17N3O/c1-2-6-18(7-3-1)19-10-12-20(13-11-19)26-28-17-29-27(30-26)21-14-15-25-23(16-21)22-8-4-5-9-24(22)31-25/h1-17H. The van der Waals surface area contributed by atoms with Crippen LogP contribution in [-0.4, -0.2) is 15.0 Å². The highest BCUT2D eigenvalue weighted by Gasteiger charge is 2.11. The van der Waals surface area contributed by atoms with Crippen LogP contribution in [0.1, 0.15) is 0 Å². The fourth-order valence-electron chi connectivity index (χ4n) is 3.88. The highest BCUT2D eigenvalue weighted by atomic mass is 16.3. The second-order valence-corrected chi connectivity index (χ2v) is 7.39. The minimum atomic E-state index is 0.643. The molecule has 6 aromatic rings. The van der Waals surface area contributed by atoms with Crippen molar-refractivity contribution < 1.29 is 4.42 Å². The molecule has 2 heterocycles. The van der Waals surface area contributed by atoms with Gasteiger partial charge in [0.15, 0.2) is 11.6 Å². The van der Waals surface area contributed by atoms with Crippen LogP contribution in [0.15, 0.2) is 108 Å². The highest BCUT2D eigenvalue weighted by molar-refractivity contribution is 6.06. The third kappa shape index (κ3) is 3.15. The first kappa shape index (κ1) is 17.5. The van der Waals surface area contributed by atoms with Crippen LogP contribution in [0.25, 0.3) is 55.8 Å². The molecule has 0 saturated carbocycles. The van der Waals surface area contributed by atoms with Gasteiger partial charge in [0.2, 0.25) is 0 Å². The Hall–Kier alpha value is -4.31. The van der Waals surface area contributed by atoms with Crippen molar-refractivity contribution in [2.75, 3.05) is 0 Å². The molecule has 0 radical (unpaired) electrons. The van der Waals surface area contributed by atoms with E-state index in [2.05, 4.69) is 46.4 Å². The van der Waals surface area contributed by atoms with Crippen molar-refractivity contribution in [2.45, 2.75) is 0 Å². The lowest BCUT2D eigenvalue weighted by Gasteiger charge is -2.05. The van der Waals surface area contributed by atoms with Crippen LogP contribution in [0.4, 0.5) is 0 Å². The summed E-state index contributed by atoms with van der Waals surface area (Å²) in [5.41, 5.74) is 5.98. The number of furan rings is 1. The lowest BCUT2D eigenvalue weighted by Crippen LogP contribution is -1.95. The first-order valence-electron chi connectivity index (χ1n) is 10.1. The first-order chi connectivity index (χ1) is 15.3. The van der Waals surface area contributed by atoms with E-state index in [1.807, 2.05) is 60.7 Å². The summed E-state index contributed by atoms with van der Waals surface area (Å²) in [7, 11) is 0. The summed E-state index contributed by atoms with van der Waals surface area (Å²) in [6.07, 6.45) is 1.57. The van der Waals surface area contributed by atoms with Crippen molar-refractivity contribution in [3.63, 3.8) is 0 Å². The number of aromatic nitrogens is 3. The molecule has 0 aliphatic heterocycles. The highest BCUT2D eigenvalue weighted by Crippen LogP contribution is 2.31. The molecule has 0 bridgehead atoms. The van der Waals surface area contributed by atoms with E-state index in [0.29, 0.717) is 11.6 Å². The predicted octanol–water partition coefficient (Wildman–Crippen LogP) is 6.77. The van der Waals surface area contributed by atoms with Gasteiger partial charge in [-0.05, 0) is 35.4 Å². The van der Waals surface area contributed by atoms with E-state index in [1.165, 1.54) is 5.56 Å². The molecule has 146 valence electrons. The summed E-state index contributed by atoms with van der Waals surface area (Å²) in [5.74, 6) is 1.30. The molecule has 0 unspecified atom stereocenters. The lowest BCUT2D eigenvalue weighted by atomic mass is 10.0. The zero-order valence-corrected chi connectivity index (χ0v) is 16.6. The van der Waals surface area contributed by atoms with Crippen molar-refractivity contribution in [1.29, 1.82) is 0 Å². The van der Waals surface area contributed by atoms with Gasteiger partial charge in [-0.25, -0.2) is 15.0 Å². The van der Waals surface area contributed by atoms with E-state index >= 15 is 0 Å². The quantitative estimate of drug-likeness (QED) is 0.329. The van der Waals surface area contributed by atoms with Crippen LogP contribution in [0.3, 0.4) is 0 Å². The van der Waals surface area contributed by atoms with E-state index in [-0.39, 0.29) is 0 Å². The number of fused-ring (bicyclic) bond motifs is 3. The maximum absolute atomic E-state index is 5.93. The fraction of sp³-hybridized carbons (Fsp3) is 0. The van der Waals surface area contributed by atoms with Crippen molar-refractivity contribution in [2.24, 2.45) is 0 Å². The van der Waals surface area contributed by atoms with Gasteiger partial charge in [0.1, 0.15) is 17.5 Å². The largest absolute Gasteiger partial charge is 0.456 e. The van der Waals surface area contributed by atoms with Gasteiger partial charge in [0, 0.05) is 21.9 Å². The molecule has 4 nitrogen and oxygen atoms in total. The summed E-state index contributed by atoms with van der Waals surface area (Å²) in [6.45, 7) is 0. The van der Waals surface area contributed by atoms with Crippen LogP contribution in [0.2, 0.25) is 0 Å². The van der Waals surface area contributed by atoms with E-state index < -0.39 is 0 Å². The molecule has 2 aromatic heterocycles. The minimum absolute atomic E-state index is 0.643. The van der Waals surface area contributed by atoms with Crippen LogP contribution in [0.5, 0.6) is 0 Å². The van der Waals surface area contributed by atoms with Crippen LogP contribution >= 0.6 is 0 Å². The number of para-hydroxylation sites is 1. The normalized spacial score (nSPS) is 11.2. The fourth-order valence-corrected chi connectivity index (χ4v) is 3.88. The summed E-state index contributed by atoms with van der Waals surface area (Å²) in [4.78, 5) is 13.6. The number of rotatable bonds is 3. The number of hydrogen-bond donors (Lipinski definition) is 0. The Morgan fingerprint density at radius 2 is 1.10 bits per heavy atom. The molecule has 0 fully saturated rings. The lowest BCUT2D eigenvalue weighted by molar-refractivity contribution is 0.669. The molecule has 4 aromatic carbocycles. The number of benzene rings is 4. The summed E-state index contributed by atoms with van der Waals surface area (Å²) in [5, 5.41) is 2.15. The molecule has 4 heteroatoms. The van der Waals surface area contributed by atoms with Crippen LogP contribution < -0.4 is 0 Å². The van der Waals surface area contributed by atoms with Gasteiger partial charge in [0.05, 0.1) is 0 Å². The molecular weight excluding hydrogens is 382 g/mol. The van der Waals surface area contributed by atoms with Gasteiger partial charge < -0.3 is 4.42 Å². The molecule has 0 aliphatic rings. The van der Waals surface area contributed by atoms with Gasteiger partial charge in [-0.15, -0.1) is 0 Å². The van der Waals surface area contributed by atoms with Crippen molar-refractivity contribution in [3.8, 4) is 33.9 Å². The minimum Gasteiger partial charge on any atom is -0.456 e. The Balaban J connectivity index is 1.38. The Labute approximate surface area is 178 Å². The van der Waals surface area contributed by atoms with Crippen molar-refractivity contribution in [1.82, 2.24) is 15.0 Å². The van der Waals surface area contributed by atoms with Crippen LogP contribution in [0, 0.1) is 0 Å². The SMILES string of the molecule is c1ccc(-c2ccc(-c3ncnc(-c4ccc5oc6ccccc6c5c4)n3)cc2)cc1. The third-order valence-corrected chi connectivity index (χ3v) is 5.46.